The predicted octanol–water partition coefficient (Wildman–Crippen LogP) is 3.20. The van der Waals surface area contributed by atoms with Gasteiger partial charge in [0.05, 0.1) is 7.11 Å². The first kappa shape index (κ1) is 17.0. The average molecular weight is 327 g/mol. The molecular formula is C16H26N2OS2. The molecule has 1 saturated heterocycles. The van der Waals surface area contributed by atoms with Crippen molar-refractivity contribution in [1.29, 1.82) is 0 Å². The van der Waals surface area contributed by atoms with E-state index in [1.165, 1.54) is 0 Å². The van der Waals surface area contributed by atoms with Crippen LogP contribution < -0.4 is 10.5 Å². The lowest BCUT2D eigenvalue weighted by molar-refractivity contribution is 0.406. The van der Waals surface area contributed by atoms with E-state index in [4.69, 9.17) is 10.5 Å². The zero-order valence-electron chi connectivity index (χ0n) is 13.6. The Bertz CT molecular complexity index is 495. The minimum Gasteiger partial charge on any atom is -0.496 e. The zero-order chi connectivity index (χ0) is 15.6. The summed E-state index contributed by atoms with van der Waals surface area (Å²) in [6.45, 7) is 8.72. The largest absolute Gasteiger partial charge is 0.496 e. The monoisotopic (exact) mass is 326 g/mol. The number of ether oxygens (including phenoxy) is 1. The molecule has 4 unspecified atom stereocenters. The van der Waals surface area contributed by atoms with E-state index in [0.29, 0.717) is 10.5 Å². The zero-order valence-corrected chi connectivity index (χ0v) is 15.2. The van der Waals surface area contributed by atoms with E-state index in [0.717, 1.165) is 40.0 Å². The molecule has 2 N–H and O–H groups in total. The maximum atomic E-state index is 6.47. The van der Waals surface area contributed by atoms with Gasteiger partial charge in [0.25, 0.3) is 0 Å². The number of aromatic nitrogens is 1. The molecule has 0 saturated carbocycles. The molecule has 1 aromatic rings. The molecule has 2 heterocycles. The molecule has 3 nitrogen and oxygen atoms in total. The standard InChI is InChI=1S/C16H26N2OS2/c1-9-7-18-14(10(2)16(9)19-5)6-13(17)15-8-20-11(3)12(4)21-15/h7,11-13,15H,6,8,17H2,1-5H3. The fraction of sp³-hybridized carbons (Fsp3) is 0.688. The maximum Gasteiger partial charge on any atom is 0.128 e. The number of hydrogen-bond acceptors (Lipinski definition) is 5. The van der Waals surface area contributed by atoms with Gasteiger partial charge in [0, 0.05) is 57.0 Å². The quantitative estimate of drug-likeness (QED) is 0.921. The minimum absolute atomic E-state index is 0.149. The molecule has 0 aliphatic carbocycles. The summed E-state index contributed by atoms with van der Waals surface area (Å²) in [6, 6.07) is 0.149. The van der Waals surface area contributed by atoms with Gasteiger partial charge < -0.3 is 10.5 Å². The van der Waals surface area contributed by atoms with E-state index in [2.05, 4.69) is 25.8 Å². The summed E-state index contributed by atoms with van der Waals surface area (Å²) in [7, 11) is 1.72. The topological polar surface area (TPSA) is 48.1 Å². The second kappa shape index (κ2) is 7.25. The Labute approximate surface area is 136 Å². The van der Waals surface area contributed by atoms with E-state index < -0.39 is 0 Å². The molecule has 0 amide bonds. The molecule has 1 aliphatic rings. The summed E-state index contributed by atoms with van der Waals surface area (Å²) in [4.78, 5) is 4.58. The fourth-order valence-electron chi connectivity index (χ4n) is 2.66. The lowest BCUT2D eigenvalue weighted by Gasteiger charge is -2.34. The summed E-state index contributed by atoms with van der Waals surface area (Å²) < 4.78 is 5.48. The molecule has 1 aliphatic heterocycles. The smallest absolute Gasteiger partial charge is 0.128 e. The van der Waals surface area contributed by atoms with E-state index in [1.807, 2.05) is 36.6 Å². The van der Waals surface area contributed by atoms with Crippen molar-refractivity contribution < 1.29 is 4.74 Å². The Hall–Kier alpha value is -0.390. The summed E-state index contributed by atoms with van der Waals surface area (Å²) in [5.74, 6) is 2.08. The number of hydrogen-bond donors (Lipinski definition) is 1. The van der Waals surface area contributed by atoms with Gasteiger partial charge >= 0.3 is 0 Å². The van der Waals surface area contributed by atoms with Crippen LogP contribution in [0.5, 0.6) is 5.75 Å². The first-order valence-corrected chi connectivity index (χ1v) is 9.44. The summed E-state index contributed by atoms with van der Waals surface area (Å²) >= 11 is 4.08. The van der Waals surface area contributed by atoms with Gasteiger partial charge in [-0.3, -0.25) is 4.98 Å². The first-order chi connectivity index (χ1) is 9.93. The first-order valence-electron chi connectivity index (χ1n) is 7.45. The van der Waals surface area contributed by atoms with Crippen molar-refractivity contribution in [2.75, 3.05) is 12.9 Å². The summed E-state index contributed by atoms with van der Waals surface area (Å²) in [5.41, 5.74) is 9.75. The van der Waals surface area contributed by atoms with Crippen LogP contribution in [0.2, 0.25) is 0 Å². The number of aryl methyl sites for hydroxylation is 1. The van der Waals surface area contributed by atoms with Crippen LogP contribution in [-0.2, 0) is 6.42 Å². The van der Waals surface area contributed by atoms with E-state index in [1.54, 1.807) is 7.11 Å². The minimum atomic E-state index is 0.149. The molecular weight excluding hydrogens is 300 g/mol. The van der Waals surface area contributed by atoms with Crippen molar-refractivity contribution in [1.82, 2.24) is 4.98 Å². The van der Waals surface area contributed by atoms with Gasteiger partial charge in [-0.2, -0.15) is 23.5 Å². The maximum absolute atomic E-state index is 6.47. The van der Waals surface area contributed by atoms with E-state index in [-0.39, 0.29) is 6.04 Å². The average Bonchev–Trinajstić information content (AvgIpc) is 2.45. The van der Waals surface area contributed by atoms with Crippen molar-refractivity contribution in [3.63, 3.8) is 0 Å². The molecule has 0 spiro atoms. The van der Waals surface area contributed by atoms with Crippen LogP contribution in [0.15, 0.2) is 6.20 Å². The highest BCUT2D eigenvalue weighted by Gasteiger charge is 2.30. The highest BCUT2D eigenvalue weighted by atomic mass is 32.2. The molecule has 4 atom stereocenters. The third-order valence-corrected chi connectivity index (χ3v) is 7.80. The Morgan fingerprint density at radius 1 is 1.38 bits per heavy atom. The van der Waals surface area contributed by atoms with Gasteiger partial charge in [0.2, 0.25) is 0 Å². The van der Waals surface area contributed by atoms with Gasteiger partial charge in [-0.15, -0.1) is 0 Å². The number of rotatable bonds is 4. The van der Waals surface area contributed by atoms with Crippen LogP contribution in [0.3, 0.4) is 0 Å². The van der Waals surface area contributed by atoms with Crippen molar-refractivity contribution in [2.45, 2.75) is 55.9 Å². The van der Waals surface area contributed by atoms with E-state index in [9.17, 15) is 0 Å². The number of methoxy groups -OCH3 is 1. The molecule has 2 rings (SSSR count). The van der Waals surface area contributed by atoms with Gasteiger partial charge in [0.1, 0.15) is 5.75 Å². The second-order valence-corrected chi connectivity index (χ2v) is 8.86. The third-order valence-electron chi connectivity index (χ3n) is 4.23. The molecule has 21 heavy (non-hydrogen) atoms. The second-order valence-electron chi connectivity index (χ2n) is 5.83. The Morgan fingerprint density at radius 3 is 2.71 bits per heavy atom. The number of nitrogens with zero attached hydrogens (tertiary/aromatic N) is 1. The van der Waals surface area contributed by atoms with Gasteiger partial charge in [-0.1, -0.05) is 13.8 Å². The van der Waals surface area contributed by atoms with Gasteiger partial charge in [0.15, 0.2) is 0 Å². The predicted molar refractivity (Wildman–Crippen MR) is 94.7 cm³/mol. The molecule has 118 valence electrons. The number of pyridine rings is 1. The highest BCUT2D eigenvalue weighted by Crippen LogP contribution is 2.37. The Morgan fingerprint density at radius 2 is 2.10 bits per heavy atom. The Kier molecular flexibility index (Phi) is 5.86. The SMILES string of the molecule is COc1c(C)cnc(CC(N)C2CSC(C)C(C)S2)c1C. The molecule has 1 aromatic heterocycles. The molecule has 1 fully saturated rings. The Balaban J connectivity index is 2.08. The van der Waals surface area contributed by atoms with Crippen LogP contribution in [0.4, 0.5) is 0 Å². The van der Waals surface area contributed by atoms with Crippen LogP contribution in [0.25, 0.3) is 0 Å². The van der Waals surface area contributed by atoms with Crippen LogP contribution in [0, 0.1) is 13.8 Å². The lowest BCUT2D eigenvalue weighted by Crippen LogP contribution is -2.41. The van der Waals surface area contributed by atoms with Crippen molar-refractivity contribution in [3.05, 3.63) is 23.0 Å². The molecule has 0 radical (unpaired) electrons. The fourth-order valence-corrected chi connectivity index (χ4v) is 5.72. The van der Waals surface area contributed by atoms with Crippen molar-refractivity contribution >= 4 is 23.5 Å². The van der Waals surface area contributed by atoms with Gasteiger partial charge in [-0.25, -0.2) is 0 Å². The normalized spacial score (nSPS) is 27.4. The van der Waals surface area contributed by atoms with Crippen molar-refractivity contribution in [2.24, 2.45) is 5.73 Å². The summed E-state index contributed by atoms with van der Waals surface area (Å²) in [6.07, 6.45) is 2.71. The van der Waals surface area contributed by atoms with E-state index >= 15 is 0 Å². The third kappa shape index (κ3) is 3.88. The van der Waals surface area contributed by atoms with Gasteiger partial charge in [-0.05, 0) is 13.8 Å². The molecule has 0 bridgehead atoms. The highest BCUT2D eigenvalue weighted by molar-refractivity contribution is 8.07. The number of thioether (sulfide) groups is 2. The van der Waals surface area contributed by atoms with Crippen LogP contribution in [-0.4, -0.2) is 39.6 Å². The van der Waals surface area contributed by atoms with Crippen molar-refractivity contribution in [3.8, 4) is 5.75 Å². The summed E-state index contributed by atoms with van der Waals surface area (Å²) in [5, 5.41) is 1.90. The molecule has 0 aromatic carbocycles. The lowest BCUT2D eigenvalue weighted by atomic mass is 10.0. The molecule has 5 heteroatoms. The number of nitrogens with two attached hydrogens (primary N) is 1. The van der Waals surface area contributed by atoms with Crippen LogP contribution >= 0.6 is 23.5 Å². The van der Waals surface area contributed by atoms with Crippen LogP contribution in [0.1, 0.15) is 30.7 Å².